The van der Waals surface area contributed by atoms with E-state index in [0.29, 0.717) is 5.41 Å². The van der Waals surface area contributed by atoms with E-state index in [4.69, 9.17) is 0 Å². The highest BCUT2D eigenvalue weighted by molar-refractivity contribution is 7.16. The monoisotopic (exact) mass is 353 g/mol. The Bertz CT molecular complexity index is 811. The van der Waals surface area contributed by atoms with Gasteiger partial charge in [-0.15, -0.1) is 11.3 Å². The molecule has 2 heterocycles. The first-order valence-corrected chi connectivity index (χ1v) is 10.3. The highest BCUT2D eigenvalue weighted by Crippen LogP contribution is 2.45. The smallest absolute Gasteiger partial charge is 0.161 e. The van der Waals surface area contributed by atoms with Crippen molar-refractivity contribution in [2.45, 2.75) is 52.9 Å². The number of thiophene rings is 1. The number of rotatable bonds is 3. The number of carbonyl (C=O) groups excluding carboxylic acids is 1. The first-order chi connectivity index (χ1) is 11.9. The molecular weight excluding hydrogens is 326 g/mol. The first-order valence-electron chi connectivity index (χ1n) is 9.45. The van der Waals surface area contributed by atoms with E-state index in [1.165, 1.54) is 45.8 Å². The van der Waals surface area contributed by atoms with Crippen molar-refractivity contribution in [3.8, 4) is 10.4 Å². The molecule has 2 aliphatic rings. The Hall–Kier alpha value is -1.61. The van der Waals surface area contributed by atoms with Crippen LogP contribution >= 0.6 is 11.3 Å². The number of hydrogen-bond acceptors (Lipinski definition) is 3. The topological polar surface area (TPSA) is 20.3 Å². The summed E-state index contributed by atoms with van der Waals surface area (Å²) in [5, 5.41) is 0. The van der Waals surface area contributed by atoms with Crippen molar-refractivity contribution in [1.29, 1.82) is 0 Å². The zero-order valence-corrected chi connectivity index (χ0v) is 16.3. The number of aryl methyl sites for hydroxylation is 1. The number of anilines is 1. The molecule has 1 aliphatic heterocycles. The van der Waals surface area contributed by atoms with Crippen molar-refractivity contribution >= 4 is 22.8 Å². The van der Waals surface area contributed by atoms with E-state index in [1.807, 2.05) is 11.3 Å². The van der Waals surface area contributed by atoms with Gasteiger partial charge in [0.1, 0.15) is 0 Å². The lowest BCUT2D eigenvalue weighted by Crippen LogP contribution is -2.22. The predicted octanol–water partition coefficient (Wildman–Crippen LogP) is 5.73. The summed E-state index contributed by atoms with van der Waals surface area (Å²) in [5.74, 6) is 0.219. The quantitative estimate of drug-likeness (QED) is 0.657. The number of carbonyl (C=O) groups is 1. The Balaban J connectivity index is 1.79. The SMILES string of the molecule is CC(=O)c1c(-c2cccc(N3CCCC3)c2)sc2c1CC(C)(C)CC2. The van der Waals surface area contributed by atoms with E-state index < -0.39 is 0 Å². The molecule has 4 rings (SSSR count). The summed E-state index contributed by atoms with van der Waals surface area (Å²) in [6.07, 6.45) is 5.92. The van der Waals surface area contributed by atoms with Crippen LogP contribution in [-0.2, 0) is 12.8 Å². The second-order valence-corrected chi connectivity index (χ2v) is 9.45. The molecule has 0 bridgehead atoms. The number of Topliss-reactive ketones (excluding diaryl/α,β-unsaturated/α-hetero) is 1. The Morgan fingerprint density at radius 3 is 2.68 bits per heavy atom. The van der Waals surface area contributed by atoms with E-state index in [9.17, 15) is 4.79 Å². The van der Waals surface area contributed by atoms with Crippen LogP contribution in [0.1, 0.15) is 60.8 Å². The first kappa shape index (κ1) is 16.8. The van der Waals surface area contributed by atoms with E-state index in [-0.39, 0.29) is 5.78 Å². The molecule has 1 aromatic heterocycles. The summed E-state index contributed by atoms with van der Waals surface area (Å²) in [4.78, 5) is 17.6. The number of ketones is 1. The predicted molar refractivity (Wildman–Crippen MR) is 107 cm³/mol. The van der Waals surface area contributed by atoms with Crippen LogP contribution in [0.25, 0.3) is 10.4 Å². The lowest BCUT2D eigenvalue weighted by Gasteiger charge is -2.29. The fraction of sp³-hybridized carbons (Fsp3) is 0.500. The fourth-order valence-electron chi connectivity index (χ4n) is 4.31. The van der Waals surface area contributed by atoms with Crippen LogP contribution in [0.5, 0.6) is 0 Å². The molecular formula is C22H27NOS. The third-order valence-electron chi connectivity index (χ3n) is 5.71. The normalized spacial score (nSPS) is 19.1. The molecule has 3 heteroatoms. The van der Waals surface area contributed by atoms with Crippen LogP contribution in [0.15, 0.2) is 24.3 Å². The number of fused-ring (bicyclic) bond motifs is 1. The van der Waals surface area contributed by atoms with Gasteiger partial charge in [-0.3, -0.25) is 4.79 Å². The molecule has 1 aliphatic carbocycles. The molecule has 0 saturated carbocycles. The van der Waals surface area contributed by atoms with Crippen LogP contribution in [0.2, 0.25) is 0 Å². The molecule has 132 valence electrons. The zero-order chi connectivity index (χ0) is 17.6. The van der Waals surface area contributed by atoms with Gasteiger partial charge in [0.15, 0.2) is 5.78 Å². The molecule has 25 heavy (non-hydrogen) atoms. The van der Waals surface area contributed by atoms with E-state index in [2.05, 4.69) is 43.0 Å². The largest absolute Gasteiger partial charge is 0.372 e. The van der Waals surface area contributed by atoms with E-state index in [1.54, 1.807) is 6.92 Å². The van der Waals surface area contributed by atoms with Crippen LogP contribution in [0.4, 0.5) is 5.69 Å². The van der Waals surface area contributed by atoms with E-state index in [0.717, 1.165) is 31.5 Å². The second-order valence-electron chi connectivity index (χ2n) is 8.35. The maximum Gasteiger partial charge on any atom is 0.161 e. The number of hydrogen-bond donors (Lipinski definition) is 0. The Kier molecular flexibility index (Phi) is 4.23. The Labute approximate surface area is 154 Å². The molecule has 0 spiro atoms. The van der Waals surface area contributed by atoms with Gasteiger partial charge in [0.2, 0.25) is 0 Å². The molecule has 0 unspecified atom stereocenters. The van der Waals surface area contributed by atoms with Crippen molar-refractivity contribution in [3.63, 3.8) is 0 Å². The summed E-state index contributed by atoms with van der Waals surface area (Å²) in [6.45, 7) is 8.68. The standard InChI is InChI=1S/C22H27NOS/c1-15(24)20-18-14-22(2,3)10-9-19(18)25-21(20)16-7-6-8-17(13-16)23-11-4-5-12-23/h6-8,13H,4-5,9-12,14H2,1-3H3. The van der Waals surface area contributed by atoms with Crippen LogP contribution in [0.3, 0.4) is 0 Å². The van der Waals surface area contributed by atoms with Gasteiger partial charge in [0.05, 0.1) is 0 Å². The summed E-state index contributed by atoms with van der Waals surface area (Å²) in [5.41, 5.74) is 5.14. The van der Waals surface area contributed by atoms with Gasteiger partial charge >= 0.3 is 0 Å². The maximum atomic E-state index is 12.5. The van der Waals surface area contributed by atoms with Crippen LogP contribution < -0.4 is 4.90 Å². The van der Waals surface area contributed by atoms with E-state index >= 15 is 0 Å². The highest BCUT2D eigenvalue weighted by atomic mass is 32.1. The molecule has 1 saturated heterocycles. The van der Waals surface area contributed by atoms with Gasteiger partial charge in [-0.25, -0.2) is 0 Å². The van der Waals surface area contributed by atoms with Gasteiger partial charge in [0.25, 0.3) is 0 Å². The summed E-state index contributed by atoms with van der Waals surface area (Å²) < 4.78 is 0. The Morgan fingerprint density at radius 1 is 1.20 bits per heavy atom. The summed E-state index contributed by atoms with van der Waals surface area (Å²) >= 11 is 1.86. The minimum Gasteiger partial charge on any atom is -0.372 e. The van der Waals surface area contributed by atoms with Crippen LogP contribution in [-0.4, -0.2) is 18.9 Å². The average Bonchev–Trinajstić information content (AvgIpc) is 3.21. The van der Waals surface area contributed by atoms with Gasteiger partial charge in [0, 0.05) is 34.1 Å². The summed E-state index contributed by atoms with van der Waals surface area (Å²) in [7, 11) is 0. The summed E-state index contributed by atoms with van der Waals surface area (Å²) in [6, 6.07) is 8.82. The van der Waals surface area contributed by atoms with Gasteiger partial charge < -0.3 is 4.90 Å². The zero-order valence-electron chi connectivity index (χ0n) is 15.5. The lowest BCUT2D eigenvalue weighted by atomic mass is 9.75. The molecule has 1 aromatic carbocycles. The average molecular weight is 354 g/mol. The molecule has 2 aromatic rings. The number of nitrogens with zero attached hydrogens (tertiary/aromatic N) is 1. The fourth-order valence-corrected chi connectivity index (χ4v) is 5.68. The highest BCUT2D eigenvalue weighted by Gasteiger charge is 2.32. The Morgan fingerprint density at radius 2 is 1.96 bits per heavy atom. The van der Waals surface area contributed by atoms with Crippen molar-refractivity contribution < 1.29 is 4.79 Å². The minimum atomic E-state index is 0.219. The number of benzene rings is 1. The van der Waals surface area contributed by atoms with Crippen molar-refractivity contribution in [2.24, 2.45) is 5.41 Å². The molecule has 0 radical (unpaired) electrons. The third-order valence-corrected chi connectivity index (χ3v) is 7.05. The molecule has 1 fully saturated rings. The molecule has 2 nitrogen and oxygen atoms in total. The van der Waals surface area contributed by atoms with Gasteiger partial charge in [-0.1, -0.05) is 26.0 Å². The molecule has 0 N–H and O–H groups in total. The van der Waals surface area contributed by atoms with Crippen molar-refractivity contribution in [3.05, 3.63) is 40.3 Å². The third kappa shape index (κ3) is 3.15. The molecule has 0 atom stereocenters. The maximum absolute atomic E-state index is 12.5. The van der Waals surface area contributed by atoms with Crippen molar-refractivity contribution in [2.75, 3.05) is 18.0 Å². The van der Waals surface area contributed by atoms with Gasteiger partial charge in [-0.2, -0.15) is 0 Å². The van der Waals surface area contributed by atoms with Crippen LogP contribution in [0, 0.1) is 5.41 Å². The molecule has 0 amide bonds. The van der Waals surface area contributed by atoms with Crippen molar-refractivity contribution in [1.82, 2.24) is 0 Å². The van der Waals surface area contributed by atoms with Gasteiger partial charge in [-0.05, 0) is 67.7 Å². The minimum absolute atomic E-state index is 0.219. The lowest BCUT2D eigenvalue weighted by molar-refractivity contribution is 0.101. The second kappa shape index (κ2) is 6.28.